The van der Waals surface area contributed by atoms with Gasteiger partial charge in [0, 0.05) is 18.8 Å². The molecule has 1 amide bonds. The van der Waals surface area contributed by atoms with Crippen molar-refractivity contribution in [3.8, 4) is 11.5 Å². The van der Waals surface area contributed by atoms with Gasteiger partial charge in [-0.1, -0.05) is 30.3 Å². The SMILES string of the molecule is CC(C)Oc1ccc(CNC(=O)/C=C/c2ccc(OCc3ccccn3)cc2)cc1. The summed E-state index contributed by atoms with van der Waals surface area (Å²) in [5.41, 5.74) is 2.81. The molecule has 3 rings (SSSR count). The highest BCUT2D eigenvalue weighted by Gasteiger charge is 2.01. The maximum atomic E-state index is 12.1. The van der Waals surface area contributed by atoms with Crippen molar-refractivity contribution in [2.45, 2.75) is 33.1 Å². The van der Waals surface area contributed by atoms with E-state index in [4.69, 9.17) is 9.47 Å². The fourth-order valence-electron chi connectivity index (χ4n) is 2.69. The average molecular weight is 402 g/mol. The first-order chi connectivity index (χ1) is 14.6. The maximum Gasteiger partial charge on any atom is 0.244 e. The van der Waals surface area contributed by atoms with Crippen molar-refractivity contribution in [1.29, 1.82) is 0 Å². The normalized spacial score (nSPS) is 10.9. The zero-order valence-electron chi connectivity index (χ0n) is 17.2. The van der Waals surface area contributed by atoms with Crippen LogP contribution < -0.4 is 14.8 Å². The maximum absolute atomic E-state index is 12.1. The summed E-state index contributed by atoms with van der Waals surface area (Å²) >= 11 is 0. The van der Waals surface area contributed by atoms with Crippen LogP contribution in [0.5, 0.6) is 11.5 Å². The van der Waals surface area contributed by atoms with E-state index in [1.807, 2.05) is 80.6 Å². The molecule has 0 bridgehead atoms. The second-order valence-electron chi connectivity index (χ2n) is 7.04. The summed E-state index contributed by atoms with van der Waals surface area (Å²) < 4.78 is 11.3. The third-order valence-corrected chi connectivity index (χ3v) is 4.18. The van der Waals surface area contributed by atoms with Gasteiger partial charge in [0.1, 0.15) is 18.1 Å². The molecule has 0 atom stereocenters. The van der Waals surface area contributed by atoms with E-state index in [9.17, 15) is 4.79 Å². The molecule has 0 spiro atoms. The number of nitrogens with zero attached hydrogens (tertiary/aromatic N) is 1. The second-order valence-corrected chi connectivity index (χ2v) is 7.04. The lowest BCUT2D eigenvalue weighted by Gasteiger charge is -2.10. The summed E-state index contributed by atoms with van der Waals surface area (Å²) in [4.78, 5) is 16.3. The molecule has 1 aromatic heterocycles. The van der Waals surface area contributed by atoms with Crippen molar-refractivity contribution in [3.05, 3.63) is 95.8 Å². The third-order valence-electron chi connectivity index (χ3n) is 4.18. The van der Waals surface area contributed by atoms with E-state index in [-0.39, 0.29) is 12.0 Å². The summed E-state index contributed by atoms with van der Waals surface area (Å²) in [6, 6.07) is 21.0. The molecule has 0 unspecified atom stereocenters. The molecule has 3 aromatic rings. The minimum atomic E-state index is -0.145. The minimum absolute atomic E-state index is 0.141. The Balaban J connectivity index is 1.44. The van der Waals surface area contributed by atoms with Crippen molar-refractivity contribution in [1.82, 2.24) is 10.3 Å². The molecule has 30 heavy (non-hydrogen) atoms. The number of amides is 1. The van der Waals surface area contributed by atoms with Gasteiger partial charge in [-0.2, -0.15) is 0 Å². The van der Waals surface area contributed by atoms with Crippen molar-refractivity contribution >= 4 is 12.0 Å². The van der Waals surface area contributed by atoms with Gasteiger partial charge < -0.3 is 14.8 Å². The minimum Gasteiger partial charge on any atom is -0.491 e. The number of hydrogen-bond donors (Lipinski definition) is 1. The third kappa shape index (κ3) is 7.09. The van der Waals surface area contributed by atoms with Gasteiger partial charge in [-0.15, -0.1) is 0 Å². The predicted molar refractivity (Wildman–Crippen MR) is 118 cm³/mol. The molecule has 0 aliphatic carbocycles. The second kappa shape index (κ2) is 10.8. The summed E-state index contributed by atoms with van der Waals surface area (Å²) in [6.45, 7) is 4.86. The Hall–Kier alpha value is -3.60. The van der Waals surface area contributed by atoms with Crippen LogP contribution in [0.15, 0.2) is 79.0 Å². The van der Waals surface area contributed by atoms with Crippen LogP contribution in [0.2, 0.25) is 0 Å². The number of hydrogen-bond acceptors (Lipinski definition) is 4. The Morgan fingerprint density at radius 3 is 2.40 bits per heavy atom. The van der Waals surface area contributed by atoms with Crippen LogP contribution in [0.4, 0.5) is 0 Å². The molecule has 2 aromatic carbocycles. The highest BCUT2D eigenvalue weighted by molar-refractivity contribution is 5.91. The monoisotopic (exact) mass is 402 g/mol. The van der Waals surface area contributed by atoms with Gasteiger partial charge in [0.25, 0.3) is 0 Å². The number of carbonyl (C=O) groups excluding carboxylic acids is 1. The van der Waals surface area contributed by atoms with E-state index >= 15 is 0 Å². The van der Waals surface area contributed by atoms with Crippen LogP contribution in [0, 0.1) is 0 Å². The summed E-state index contributed by atoms with van der Waals surface area (Å²) in [7, 11) is 0. The molecule has 0 aliphatic rings. The van der Waals surface area contributed by atoms with Gasteiger partial charge in [0.2, 0.25) is 5.91 Å². The Labute approximate surface area is 177 Å². The molecular formula is C25H26N2O3. The van der Waals surface area contributed by atoms with E-state index in [1.165, 1.54) is 6.08 Å². The van der Waals surface area contributed by atoms with Gasteiger partial charge >= 0.3 is 0 Å². The standard InChI is InChI=1S/C25H26N2O3/c1-19(2)30-24-13-8-21(9-14-24)17-27-25(28)15-10-20-6-11-23(12-7-20)29-18-22-5-3-4-16-26-22/h3-16,19H,17-18H2,1-2H3,(H,27,28)/b15-10+. The molecule has 0 radical (unpaired) electrons. The van der Waals surface area contributed by atoms with Crippen LogP contribution in [0.25, 0.3) is 6.08 Å². The zero-order chi connectivity index (χ0) is 21.2. The topological polar surface area (TPSA) is 60.5 Å². The molecule has 5 nitrogen and oxygen atoms in total. The quantitative estimate of drug-likeness (QED) is 0.524. The number of rotatable bonds is 9. The fraction of sp³-hybridized carbons (Fsp3) is 0.200. The first-order valence-electron chi connectivity index (χ1n) is 9.93. The van der Waals surface area contributed by atoms with Crippen LogP contribution in [0.1, 0.15) is 30.7 Å². The van der Waals surface area contributed by atoms with Gasteiger partial charge in [0.05, 0.1) is 11.8 Å². The molecule has 0 aliphatic heterocycles. The van der Waals surface area contributed by atoms with Gasteiger partial charge in [-0.25, -0.2) is 0 Å². The molecule has 0 fully saturated rings. The Kier molecular flexibility index (Phi) is 7.61. The van der Waals surface area contributed by atoms with Crippen LogP contribution in [0.3, 0.4) is 0 Å². The largest absolute Gasteiger partial charge is 0.491 e. The number of aromatic nitrogens is 1. The molecular weight excluding hydrogens is 376 g/mol. The molecule has 154 valence electrons. The van der Waals surface area contributed by atoms with Crippen molar-refractivity contribution in [2.75, 3.05) is 0 Å². The van der Waals surface area contributed by atoms with Crippen molar-refractivity contribution < 1.29 is 14.3 Å². The van der Waals surface area contributed by atoms with Crippen molar-refractivity contribution in [3.63, 3.8) is 0 Å². The number of pyridine rings is 1. The molecule has 0 saturated heterocycles. The Morgan fingerprint density at radius 1 is 1.00 bits per heavy atom. The summed E-state index contributed by atoms with van der Waals surface area (Å²) in [5.74, 6) is 1.44. The van der Waals surface area contributed by atoms with Crippen LogP contribution >= 0.6 is 0 Å². The lowest BCUT2D eigenvalue weighted by atomic mass is 10.2. The van der Waals surface area contributed by atoms with Gasteiger partial charge in [0.15, 0.2) is 0 Å². The predicted octanol–water partition coefficient (Wildman–Crippen LogP) is 4.78. The first-order valence-corrected chi connectivity index (χ1v) is 9.93. The molecule has 0 saturated carbocycles. The zero-order valence-corrected chi connectivity index (χ0v) is 17.2. The van der Waals surface area contributed by atoms with Gasteiger partial charge in [-0.05, 0) is 67.4 Å². The Morgan fingerprint density at radius 2 is 1.73 bits per heavy atom. The molecule has 5 heteroatoms. The lowest BCUT2D eigenvalue weighted by molar-refractivity contribution is -0.116. The highest BCUT2D eigenvalue weighted by atomic mass is 16.5. The van der Waals surface area contributed by atoms with E-state index in [1.54, 1.807) is 12.3 Å². The number of carbonyl (C=O) groups is 1. The van der Waals surface area contributed by atoms with E-state index in [0.717, 1.165) is 28.3 Å². The van der Waals surface area contributed by atoms with E-state index in [0.29, 0.717) is 13.2 Å². The number of ether oxygens (including phenoxy) is 2. The average Bonchev–Trinajstić information content (AvgIpc) is 2.77. The smallest absolute Gasteiger partial charge is 0.244 e. The van der Waals surface area contributed by atoms with E-state index < -0.39 is 0 Å². The highest BCUT2D eigenvalue weighted by Crippen LogP contribution is 2.15. The van der Waals surface area contributed by atoms with Crippen LogP contribution in [-0.2, 0) is 17.9 Å². The Bertz CT molecular complexity index is 950. The van der Waals surface area contributed by atoms with Crippen LogP contribution in [-0.4, -0.2) is 17.0 Å². The summed E-state index contributed by atoms with van der Waals surface area (Å²) in [5, 5.41) is 2.88. The first kappa shape index (κ1) is 21.1. The number of nitrogens with one attached hydrogen (secondary N) is 1. The molecule has 1 heterocycles. The van der Waals surface area contributed by atoms with E-state index in [2.05, 4.69) is 10.3 Å². The fourth-order valence-corrected chi connectivity index (χ4v) is 2.69. The number of benzene rings is 2. The lowest BCUT2D eigenvalue weighted by Crippen LogP contribution is -2.20. The van der Waals surface area contributed by atoms with Crippen molar-refractivity contribution in [2.24, 2.45) is 0 Å². The summed E-state index contributed by atoms with van der Waals surface area (Å²) in [6.07, 6.45) is 5.19. The molecule has 1 N–H and O–H groups in total. The van der Waals surface area contributed by atoms with Gasteiger partial charge in [-0.3, -0.25) is 9.78 Å².